The van der Waals surface area contributed by atoms with Gasteiger partial charge in [0.25, 0.3) is 18.2 Å². The summed E-state index contributed by atoms with van der Waals surface area (Å²) in [5.41, 5.74) is 4.00. The first-order chi connectivity index (χ1) is 49.5. The number of fused-ring (bicyclic) bond motifs is 2. The summed E-state index contributed by atoms with van der Waals surface area (Å²) in [4.78, 5) is 117. The molecular weight excluding hydrogens is 1380 g/mol. The van der Waals surface area contributed by atoms with Crippen LogP contribution in [0.25, 0.3) is 32.3 Å². The third-order valence-electron chi connectivity index (χ3n) is 17.3. The molecule has 0 spiro atoms. The van der Waals surface area contributed by atoms with E-state index < -0.39 is 190 Å². The number of hydrogen-bond donors (Lipinski definition) is 13. The third-order valence-corrected chi connectivity index (χ3v) is 18.7. The molecule has 103 heavy (non-hydrogen) atoms. The Bertz CT molecular complexity index is 3860. The summed E-state index contributed by atoms with van der Waals surface area (Å²) in [6, 6.07) is 21.9. The van der Waals surface area contributed by atoms with E-state index in [2.05, 4.69) is 51.5 Å². The molecule has 32 nitrogen and oxygen atoms in total. The van der Waals surface area contributed by atoms with Crippen LogP contribution in [0.4, 0.5) is 4.79 Å². The second-order valence-electron chi connectivity index (χ2n) is 24.8. The molecule has 1 aromatic heterocycles. The lowest BCUT2D eigenvalue weighted by Crippen LogP contribution is -2.64. The van der Waals surface area contributed by atoms with Gasteiger partial charge in [-0.25, -0.2) is 10.1 Å². The molecule has 0 aliphatic carbocycles. The number of carbonyl (C=O) groups is 8. The zero-order chi connectivity index (χ0) is 73.9. The van der Waals surface area contributed by atoms with Gasteiger partial charge in [0, 0.05) is 87.7 Å². The molecule has 0 bridgehead atoms. The quantitative estimate of drug-likeness (QED) is 0.0165. The summed E-state index contributed by atoms with van der Waals surface area (Å²) in [5, 5.41) is 119. The summed E-state index contributed by atoms with van der Waals surface area (Å²) in [5.74, 6) is -9.44. The van der Waals surface area contributed by atoms with Gasteiger partial charge >= 0.3 is 6.09 Å². The summed E-state index contributed by atoms with van der Waals surface area (Å²) in [6.07, 6.45) is -13.3. The Morgan fingerprint density at radius 2 is 1.36 bits per heavy atom. The van der Waals surface area contributed by atoms with E-state index in [4.69, 9.17) is 23.7 Å². The number of hydrogen-bond acceptors (Lipinski definition) is 26. The number of aromatic nitrogens is 2. The number of amides is 8. The van der Waals surface area contributed by atoms with E-state index >= 15 is 4.79 Å². The van der Waals surface area contributed by atoms with Gasteiger partial charge in [-0.3, -0.25) is 33.6 Å². The Balaban J connectivity index is 0.971. The predicted molar refractivity (Wildman–Crippen MR) is 366 cm³/mol. The van der Waals surface area contributed by atoms with Crippen molar-refractivity contribution < 1.29 is 107 Å². The zero-order valence-corrected chi connectivity index (χ0v) is 57.7. The van der Waals surface area contributed by atoms with Gasteiger partial charge in [-0.2, -0.15) is 0 Å². The molecule has 13 N–H and O–H groups in total. The van der Waals surface area contributed by atoms with Crippen LogP contribution in [-0.4, -0.2) is 222 Å². The largest absolute Gasteiger partial charge is 0.870 e. The number of aliphatic hydroxyl groups is 6. The molecular formula is C69H81N10O22S2-. The molecule has 8 amide bonds. The number of β-amino-alcohol motifs (C(OH)–C–C–N with tert-alkyl or cyclic N) is 1. The SMILES string of the molecule is CCOCCCOc1ccc(-c2ccc(-c3nnc(-c4ccc(C(=O)N[C@H]5C[C@H](O)CNC(=O)C6[C@@H](O)C(C)CN6C(=O)[C@H]([C@H](O)CCNC(=O)OCc6ccccc6)NC(=O)C([C@H](O)Cc6ccc([O-])c(OSOOO)c6)NC(=O)C6CC(O)CN6C(=O)C(C(C)O)NC5=O)cc4)s3)cc2)cc1. The third kappa shape index (κ3) is 20.9. The van der Waals surface area contributed by atoms with Gasteiger partial charge in [0.15, 0.2) is 0 Å². The van der Waals surface area contributed by atoms with Crippen molar-refractivity contribution in [3.8, 4) is 49.5 Å². The van der Waals surface area contributed by atoms with Gasteiger partial charge in [-0.1, -0.05) is 124 Å². The van der Waals surface area contributed by atoms with Crippen molar-refractivity contribution in [2.45, 2.75) is 132 Å². The second-order valence-corrected chi connectivity index (χ2v) is 26.3. The average Bonchev–Trinajstić information content (AvgIpc) is 1.67. The van der Waals surface area contributed by atoms with Crippen LogP contribution in [-0.2, 0) is 60.6 Å². The van der Waals surface area contributed by atoms with Gasteiger partial charge < -0.3 is 95.8 Å². The normalized spacial score (nSPS) is 23.1. The number of nitrogens with zero attached hydrogens (tertiary/aromatic N) is 4. The maximum Gasteiger partial charge on any atom is 0.407 e. The van der Waals surface area contributed by atoms with E-state index in [1.54, 1.807) is 42.5 Å². The van der Waals surface area contributed by atoms with Crippen LogP contribution in [0.2, 0.25) is 0 Å². The summed E-state index contributed by atoms with van der Waals surface area (Å²) >= 11 is 1.31. The van der Waals surface area contributed by atoms with Crippen molar-refractivity contribution >= 4 is 71.1 Å². The van der Waals surface area contributed by atoms with Gasteiger partial charge in [0.05, 0.1) is 43.2 Å². The van der Waals surface area contributed by atoms with E-state index in [9.17, 15) is 69.3 Å². The predicted octanol–water partition coefficient (Wildman–Crippen LogP) is 1.05. The molecule has 13 atom stereocenters. The molecule has 0 radical (unpaired) electrons. The van der Waals surface area contributed by atoms with Crippen LogP contribution in [0.3, 0.4) is 0 Å². The van der Waals surface area contributed by atoms with Crippen LogP contribution >= 0.6 is 23.7 Å². The Labute approximate surface area is 599 Å². The van der Waals surface area contributed by atoms with Crippen LogP contribution in [0, 0.1) is 5.92 Å². The van der Waals surface area contributed by atoms with Gasteiger partial charge in [-0.05, 0) is 72.9 Å². The summed E-state index contributed by atoms with van der Waals surface area (Å²) in [6.45, 7) is 4.09. The van der Waals surface area contributed by atoms with Crippen LogP contribution in [0.15, 0.2) is 121 Å². The fraction of sp³-hybridized carbons (Fsp3) is 0.420. The Morgan fingerprint density at radius 1 is 0.718 bits per heavy atom. The molecule has 5 aromatic carbocycles. The number of alkyl carbamates (subject to hydrolysis) is 1. The maximum atomic E-state index is 15.1. The average molecular weight is 1470 g/mol. The van der Waals surface area contributed by atoms with Crippen molar-refractivity contribution in [1.29, 1.82) is 0 Å². The fourth-order valence-corrected chi connectivity index (χ4v) is 13.0. The molecule has 3 fully saturated rings. The van der Waals surface area contributed by atoms with E-state index in [1.807, 2.05) is 55.5 Å². The highest BCUT2D eigenvalue weighted by atomic mass is 32.2. The minimum atomic E-state index is -2.21. The minimum absolute atomic E-state index is 0.00380. The number of carbonyl (C=O) groups excluding carboxylic acids is 8. The molecule has 3 aliphatic rings. The molecule has 34 heteroatoms. The van der Waals surface area contributed by atoms with Crippen molar-refractivity contribution in [3.05, 3.63) is 138 Å². The molecule has 552 valence electrons. The number of aliphatic hydroxyl groups excluding tert-OH is 6. The van der Waals surface area contributed by atoms with Crippen molar-refractivity contribution in [2.75, 3.05) is 46.0 Å². The molecule has 7 unspecified atom stereocenters. The van der Waals surface area contributed by atoms with E-state index in [1.165, 1.54) is 36.5 Å². The monoisotopic (exact) mass is 1470 g/mol. The van der Waals surface area contributed by atoms with Crippen molar-refractivity contribution in [1.82, 2.24) is 51.9 Å². The molecule has 6 aromatic rings. The standard InChI is InChI=1S/C69H82N10O22S2/c1-4-96-27-8-28-97-48-22-20-42(21-23-48)41-12-16-44(17-13-41)65-76-77-66(102-65)45-18-14-43(15-19-45)60(87)72-49-31-46(81)33-71-64(91)58-59(86)37(2)34-79(58)68(93)57(52(84)25-26-70-69(94)98-36-39-9-6-5-7-10-39)75-63(90)56(53(85)29-40-11-24-51(83)54(30-40)99-103-101-100-95)74-62(89)50-32-47(82)35-78(50)67(92)55(38(3)80)73-61(49)88/h5-7,9-24,30,37-38,46-47,49-50,52-53,55-59,80-86,95H,4,8,25-29,31-36H2,1-3H3,(H,70,94)(H,71,91)(H,72,87)(H,73,88)(H,74,89)(H,75,90)/p-1/t37?,38?,46-,47?,49-,50?,52+,53+,55?,56?,57-,58?,59-/m0/s1. The molecule has 3 aliphatic heterocycles. The van der Waals surface area contributed by atoms with Gasteiger partial charge in [0.2, 0.25) is 35.4 Å². The topological polar surface area (TPSA) is 461 Å². The minimum Gasteiger partial charge on any atom is -0.870 e. The number of nitrogens with one attached hydrogen (secondary N) is 6. The lowest BCUT2D eigenvalue weighted by Gasteiger charge is -2.34. The van der Waals surface area contributed by atoms with Crippen molar-refractivity contribution in [2.24, 2.45) is 5.92 Å². The van der Waals surface area contributed by atoms with Crippen molar-refractivity contribution in [3.63, 3.8) is 0 Å². The number of rotatable bonds is 25. The highest BCUT2D eigenvalue weighted by Crippen LogP contribution is 2.34. The highest BCUT2D eigenvalue weighted by Gasteiger charge is 2.50. The first-order valence-electron chi connectivity index (χ1n) is 33.1. The number of ether oxygens (including phenoxy) is 3. The molecule has 0 saturated carbocycles. The summed E-state index contributed by atoms with van der Waals surface area (Å²) in [7, 11) is 0. The first-order valence-corrected chi connectivity index (χ1v) is 34.6. The number of benzene rings is 5. The van der Waals surface area contributed by atoms with Crippen LogP contribution in [0.5, 0.6) is 17.2 Å². The van der Waals surface area contributed by atoms with Crippen LogP contribution < -0.4 is 45.9 Å². The fourth-order valence-electron chi connectivity index (χ4n) is 11.9. The molecule has 9 rings (SSSR count). The Morgan fingerprint density at radius 3 is 2.03 bits per heavy atom. The molecule has 3 saturated heterocycles. The van der Waals surface area contributed by atoms with E-state index in [-0.39, 0.29) is 30.1 Å². The lowest BCUT2D eigenvalue weighted by molar-refractivity contribution is -0.433. The molecule has 4 heterocycles. The second kappa shape index (κ2) is 37.1. The first kappa shape index (κ1) is 77.7. The highest BCUT2D eigenvalue weighted by molar-refractivity contribution is 7.90. The zero-order valence-electron chi connectivity index (χ0n) is 56.1. The van der Waals surface area contributed by atoms with Gasteiger partial charge in [-0.15, -0.1) is 10.2 Å². The van der Waals surface area contributed by atoms with Crippen LogP contribution in [0.1, 0.15) is 67.9 Å². The summed E-state index contributed by atoms with van der Waals surface area (Å²) < 4.78 is 25.8. The Kier molecular flexibility index (Phi) is 28.0. The lowest BCUT2D eigenvalue weighted by atomic mass is 9.98. The van der Waals surface area contributed by atoms with E-state index in [0.717, 1.165) is 57.7 Å². The van der Waals surface area contributed by atoms with E-state index in [0.29, 0.717) is 41.0 Å². The smallest absolute Gasteiger partial charge is 0.407 e. The Hall–Kier alpha value is -9.43. The maximum absolute atomic E-state index is 15.1. The van der Waals surface area contributed by atoms with Gasteiger partial charge in [0.1, 0.15) is 64.4 Å².